The number of nitrogens with one attached hydrogen (secondary N) is 1. The Morgan fingerprint density at radius 3 is 2.32 bits per heavy atom. The van der Waals surface area contributed by atoms with Crippen LogP contribution in [0.25, 0.3) is 0 Å². The predicted octanol–water partition coefficient (Wildman–Crippen LogP) is 0.372. The minimum absolute atomic E-state index is 0.0607. The van der Waals surface area contributed by atoms with Gasteiger partial charge in [0.1, 0.15) is 11.3 Å². The number of carbonyl (C=O) groups is 2. The van der Waals surface area contributed by atoms with Crippen LogP contribution in [-0.4, -0.2) is 45.2 Å². The molecular weight excluding hydrogens is 325 g/mol. The van der Waals surface area contributed by atoms with Crippen LogP contribution in [0.4, 0.5) is 0 Å². The van der Waals surface area contributed by atoms with Crippen LogP contribution in [0.2, 0.25) is 0 Å². The van der Waals surface area contributed by atoms with Gasteiger partial charge in [-0.15, -0.1) is 0 Å². The normalized spacial score (nSPS) is 11.6. The van der Waals surface area contributed by atoms with Gasteiger partial charge in [0.15, 0.2) is 0 Å². The summed E-state index contributed by atoms with van der Waals surface area (Å²) in [4.78, 5) is 23.1. The molecule has 5 N–H and O–H groups in total. The van der Waals surface area contributed by atoms with Gasteiger partial charge in [-0.3, -0.25) is 4.79 Å². The first-order chi connectivity index (χ1) is 11.9. The summed E-state index contributed by atoms with van der Waals surface area (Å²) >= 11 is 0. The Bertz CT molecular complexity index is 750. The highest BCUT2D eigenvalue weighted by Gasteiger charge is 2.27. The van der Waals surface area contributed by atoms with Crippen molar-refractivity contribution in [1.82, 2.24) is 5.32 Å². The first-order valence-corrected chi connectivity index (χ1v) is 7.62. The third-order valence-electron chi connectivity index (χ3n) is 3.70. The second-order valence-corrected chi connectivity index (χ2v) is 5.57. The molecule has 7 nitrogen and oxygen atoms in total. The first kappa shape index (κ1) is 18.5. The second-order valence-electron chi connectivity index (χ2n) is 5.57. The SMILES string of the molecule is O=C(Cc1ccccc1)N[C@@H](Cc1cccc(C(=O)O)c1O)B(O)O. The number of rotatable bonds is 7. The molecule has 0 heterocycles. The Labute approximate surface area is 144 Å². The van der Waals surface area contributed by atoms with Gasteiger partial charge >= 0.3 is 13.1 Å². The number of carbonyl (C=O) groups excluding carboxylic acids is 1. The van der Waals surface area contributed by atoms with E-state index in [1.807, 2.05) is 6.07 Å². The van der Waals surface area contributed by atoms with Crippen LogP contribution in [0.5, 0.6) is 5.75 Å². The number of hydrogen-bond donors (Lipinski definition) is 5. The van der Waals surface area contributed by atoms with Gasteiger partial charge in [-0.25, -0.2) is 4.79 Å². The van der Waals surface area contributed by atoms with Crippen LogP contribution in [0.1, 0.15) is 21.5 Å². The second kappa shape index (κ2) is 8.32. The van der Waals surface area contributed by atoms with Crippen molar-refractivity contribution in [2.45, 2.75) is 18.8 Å². The fraction of sp³-hybridized carbons (Fsp3) is 0.176. The molecule has 2 aromatic rings. The number of phenols is 1. The van der Waals surface area contributed by atoms with Crippen molar-refractivity contribution in [3.8, 4) is 5.75 Å². The van der Waals surface area contributed by atoms with Gasteiger partial charge in [-0.2, -0.15) is 0 Å². The molecule has 0 spiro atoms. The third-order valence-corrected chi connectivity index (χ3v) is 3.70. The molecule has 8 heteroatoms. The largest absolute Gasteiger partial charge is 0.507 e. The van der Waals surface area contributed by atoms with E-state index in [0.29, 0.717) is 0 Å². The van der Waals surface area contributed by atoms with E-state index in [1.165, 1.54) is 18.2 Å². The van der Waals surface area contributed by atoms with Crippen LogP contribution in [-0.2, 0) is 17.6 Å². The van der Waals surface area contributed by atoms with Crippen LogP contribution in [0.15, 0.2) is 48.5 Å². The maximum absolute atomic E-state index is 12.1. The lowest BCUT2D eigenvalue weighted by atomic mass is 9.75. The zero-order chi connectivity index (χ0) is 18.4. The van der Waals surface area contributed by atoms with E-state index in [2.05, 4.69) is 5.32 Å². The highest BCUT2D eigenvalue weighted by Crippen LogP contribution is 2.24. The summed E-state index contributed by atoms with van der Waals surface area (Å²) in [6.07, 6.45) is -0.0731. The number of carboxylic acid groups (broad SMARTS) is 1. The first-order valence-electron chi connectivity index (χ1n) is 7.62. The van der Waals surface area contributed by atoms with Crippen molar-refractivity contribution in [2.75, 3.05) is 0 Å². The topological polar surface area (TPSA) is 127 Å². The van der Waals surface area contributed by atoms with Crippen molar-refractivity contribution in [2.24, 2.45) is 0 Å². The van der Waals surface area contributed by atoms with E-state index in [9.17, 15) is 24.7 Å². The van der Waals surface area contributed by atoms with E-state index in [0.717, 1.165) is 5.56 Å². The Morgan fingerprint density at radius 2 is 1.72 bits per heavy atom. The van der Waals surface area contributed by atoms with Crippen molar-refractivity contribution >= 4 is 19.0 Å². The number of aromatic carboxylic acids is 1. The molecule has 0 aliphatic carbocycles. The van der Waals surface area contributed by atoms with Gasteiger partial charge < -0.3 is 25.6 Å². The summed E-state index contributed by atoms with van der Waals surface area (Å²) in [5.74, 6) is -3.27. The van der Waals surface area contributed by atoms with Gasteiger partial charge in [0.2, 0.25) is 5.91 Å². The van der Waals surface area contributed by atoms with Gasteiger partial charge in [-0.05, 0) is 23.6 Å². The summed E-state index contributed by atoms with van der Waals surface area (Å²) in [5.41, 5.74) is 0.666. The maximum atomic E-state index is 12.1. The summed E-state index contributed by atoms with van der Waals surface area (Å²) < 4.78 is 0. The molecule has 1 atom stereocenters. The average molecular weight is 343 g/mol. The number of aromatic hydroxyl groups is 1. The molecule has 2 rings (SSSR count). The number of amides is 1. The molecule has 2 aromatic carbocycles. The highest BCUT2D eigenvalue weighted by atomic mass is 16.4. The summed E-state index contributed by atoms with van der Waals surface area (Å²) in [6.45, 7) is 0. The standard InChI is InChI=1S/C17H18BNO6/c20-15(9-11-5-2-1-3-6-11)19-14(18(24)25)10-12-7-4-8-13(16(12)21)17(22)23/h1-8,14,21,24-25H,9-10H2,(H,19,20)(H,22,23)/t14-/m0/s1. The Hall–Kier alpha value is -2.84. The number of hydrogen-bond acceptors (Lipinski definition) is 5. The molecular formula is C17H18BNO6. The van der Waals surface area contributed by atoms with E-state index in [4.69, 9.17) is 5.11 Å². The lowest BCUT2D eigenvalue weighted by Crippen LogP contribution is -2.48. The zero-order valence-electron chi connectivity index (χ0n) is 13.3. The molecule has 0 aromatic heterocycles. The van der Waals surface area contributed by atoms with E-state index < -0.39 is 30.7 Å². The Morgan fingerprint density at radius 1 is 1.04 bits per heavy atom. The lowest BCUT2D eigenvalue weighted by molar-refractivity contribution is -0.120. The molecule has 0 radical (unpaired) electrons. The third kappa shape index (κ3) is 5.07. The molecule has 0 aliphatic rings. The van der Waals surface area contributed by atoms with E-state index >= 15 is 0 Å². The smallest absolute Gasteiger partial charge is 0.475 e. The highest BCUT2D eigenvalue weighted by molar-refractivity contribution is 6.43. The monoisotopic (exact) mass is 343 g/mol. The molecule has 0 aliphatic heterocycles. The summed E-state index contributed by atoms with van der Waals surface area (Å²) in [6, 6.07) is 13.1. The minimum atomic E-state index is -1.87. The molecule has 130 valence electrons. The van der Waals surface area contributed by atoms with Gasteiger partial charge in [0, 0.05) is 0 Å². The van der Waals surface area contributed by atoms with Crippen molar-refractivity contribution in [3.63, 3.8) is 0 Å². The lowest BCUT2D eigenvalue weighted by Gasteiger charge is -2.19. The molecule has 0 saturated heterocycles. The van der Waals surface area contributed by atoms with Crippen LogP contribution in [0, 0.1) is 0 Å². The van der Waals surface area contributed by atoms with Crippen molar-refractivity contribution in [3.05, 3.63) is 65.2 Å². The number of benzene rings is 2. The fourth-order valence-corrected chi connectivity index (χ4v) is 2.44. The predicted molar refractivity (Wildman–Crippen MR) is 91.0 cm³/mol. The Kier molecular flexibility index (Phi) is 6.16. The van der Waals surface area contributed by atoms with E-state index in [1.54, 1.807) is 24.3 Å². The Balaban J connectivity index is 2.10. The van der Waals surface area contributed by atoms with Gasteiger partial charge in [0.05, 0.1) is 12.4 Å². The maximum Gasteiger partial charge on any atom is 0.475 e. The molecule has 25 heavy (non-hydrogen) atoms. The molecule has 0 unspecified atom stereocenters. The molecule has 0 bridgehead atoms. The fourth-order valence-electron chi connectivity index (χ4n) is 2.44. The van der Waals surface area contributed by atoms with Crippen molar-refractivity contribution < 1.29 is 29.9 Å². The minimum Gasteiger partial charge on any atom is -0.507 e. The number of carboxylic acids is 1. The molecule has 1 amide bonds. The number of para-hydroxylation sites is 1. The van der Waals surface area contributed by atoms with Gasteiger partial charge in [0.25, 0.3) is 0 Å². The van der Waals surface area contributed by atoms with Crippen LogP contribution < -0.4 is 5.32 Å². The average Bonchev–Trinajstić information content (AvgIpc) is 2.56. The molecule has 0 saturated carbocycles. The summed E-state index contributed by atoms with van der Waals surface area (Å²) in [5, 5.41) is 40.5. The zero-order valence-corrected chi connectivity index (χ0v) is 13.3. The van der Waals surface area contributed by atoms with Crippen LogP contribution >= 0.6 is 0 Å². The van der Waals surface area contributed by atoms with Crippen molar-refractivity contribution in [1.29, 1.82) is 0 Å². The van der Waals surface area contributed by atoms with Crippen LogP contribution in [0.3, 0.4) is 0 Å². The summed E-state index contributed by atoms with van der Waals surface area (Å²) in [7, 11) is -1.87. The van der Waals surface area contributed by atoms with Gasteiger partial charge in [-0.1, -0.05) is 42.5 Å². The molecule has 0 fully saturated rings. The quantitative estimate of drug-likeness (QED) is 0.463. The van der Waals surface area contributed by atoms with E-state index in [-0.39, 0.29) is 24.0 Å².